The van der Waals surface area contributed by atoms with Gasteiger partial charge < -0.3 is 4.74 Å². The van der Waals surface area contributed by atoms with Crippen LogP contribution in [0.15, 0.2) is 12.2 Å². The summed E-state index contributed by atoms with van der Waals surface area (Å²) in [6.07, 6.45) is 8.56. The van der Waals surface area contributed by atoms with E-state index in [0.717, 1.165) is 24.2 Å². The predicted molar refractivity (Wildman–Crippen MR) is 52.5 cm³/mol. The van der Waals surface area contributed by atoms with Crippen LogP contribution in [0.5, 0.6) is 0 Å². The molecule has 0 spiro atoms. The smallest absolute Gasteiger partial charge is 0.302 e. The first-order valence-electron chi connectivity index (χ1n) is 5.59. The number of hydrogen-bond donors (Lipinski definition) is 0. The number of esters is 1. The lowest BCUT2D eigenvalue weighted by Gasteiger charge is -2.30. The van der Waals surface area contributed by atoms with Gasteiger partial charge in [-0.05, 0) is 37.0 Å². The molecule has 76 valence electrons. The van der Waals surface area contributed by atoms with Crippen molar-refractivity contribution >= 4 is 5.97 Å². The lowest BCUT2D eigenvalue weighted by Crippen LogP contribution is -2.31. The first-order valence-corrected chi connectivity index (χ1v) is 5.59. The zero-order valence-electron chi connectivity index (χ0n) is 8.48. The molecular weight excluding hydrogens is 176 g/mol. The van der Waals surface area contributed by atoms with Crippen molar-refractivity contribution in [2.75, 3.05) is 0 Å². The molecule has 0 amide bonds. The van der Waals surface area contributed by atoms with Gasteiger partial charge in [-0.25, -0.2) is 0 Å². The maximum Gasteiger partial charge on any atom is 0.302 e. The fourth-order valence-corrected chi connectivity index (χ4v) is 3.83. The summed E-state index contributed by atoms with van der Waals surface area (Å²) in [6, 6.07) is 0. The summed E-state index contributed by atoms with van der Waals surface area (Å²) in [5.74, 6) is 2.95. The number of carbonyl (C=O) groups excluding carboxylic acids is 1. The molecule has 3 rings (SSSR count). The minimum absolute atomic E-state index is 0.110. The van der Waals surface area contributed by atoms with Crippen LogP contribution >= 0.6 is 0 Å². The van der Waals surface area contributed by atoms with Crippen LogP contribution in [0.3, 0.4) is 0 Å². The van der Waals surface area contributed by atoms with E-state index in [1.165, 1.54) is 19.8 Å². The molecule has 0 heterocycles. The first-order chi connectivity index (χ1) is 6.75. The van der Waals surface area contributed by atoms with E-state index >= 15 is 0 Å². The molecule has 0 N–H and O–H groups in total. The third kappa shape index (κ3) is 1.06. The van der Waals surface area contributed by atoms with E-state index in [1.54, 1.807) is 0 Å². The van der Waals surface area contributed by atoms with Gasteiger partial charge in [0.1, 0.15) is 6.10 Å². The molecule has 2 heteroatoms. The van der Waals surface area contributed by atoms with Crippen LogP contribution in [0.2, 0.25) is 0 Å². The van der Waals surface area contributed by atoms with E-state index in [4.69, 9.17) is 4.74 Å². The molecule has 0 aliphatic heterocycles. The second-order valence-corrected chi connectivity index (χ2v) is 4.95. The minimum atomic E-state index is -0.110. The van der Waals surface area contributed by atoms with Crippen LogP contribution in [0.4, 0.5) is 0 Å². The van der Waals surface area contributed by atoms with Gasteiger partial charge in [-0.3, -0.25) is 4.79 Å². The van der Waals surface area contributed by atoms with Crippen molar-refractivity contribution in [1.29, 1.82) is 0 Å². The quantitative estimate of drug-likeness (QED) is 0.470. The minimum Gasteiger partial charge on any atom is -0.462 e. The van der Waals surface area contributed by atoms with Crippen LogP contribution in [0, 0.1) is 23.7 Å². The van der Waals surface area contributed by atoms with Crippen molar-refractivity contribution in [3.05, 3.63) is 12.2 Å². The average Bonchev–Trinajstić information content (AvgIpc) is 2.68. The number of allylic oxidation sites excluding steroid dienone is 2. The van der Waals surface area contributed by atoms with Crippen LogP contribution in [-0.4, -0.2) is 12.1 Å². The molecule has 0 aromatic carbocycles. The van der Waals surface area contributed by atoms with E-state index in [1.807, 2.05) is 0 Å². The average molecular weight is 192 g/mol. The highest BCUT2D eigenvalue weighted by molar-refractivity contribution is 5.66. The van der Waals surface area contributed by atoms with Gasteiger partial charge in [-0.15, -0.1) is 0 Å². The van der Waals surface area contributed by atoms with Crippen molar-refractivity contribution in [3.63, 3.8) is 0 Å². The maximum absolute atomic E-state index is 10.9. The van der Waals surface area contributed by atoms with Gasteiger partial charge >= 0.3 is 5.97 Å². The zero-order valence-corrected chi connectivity index (χ0v) is 8.48. The van der Waals surface area contributed by atoms with Crippen molar-refractivity contribution in [3.8, 4) is 0 Å². The monoisotopic (exact) mass is 192 g/mol. The van der Waals surface area contributed by atoms with Gasteiger partial charge in [0.15, 0.2) is 0 Å². The maximum atomic E-state index is 10.9. The van der Waals surface area contributed by atoms with E-state index in [0.29, 0.717) is 5.92 Å². The lowest BCUT2D eigenvalue weighted by atomic mass is 9.80. The fourth-order valence-electron chi connectivity index (χ4n) is 3.83. The topological polar surface area (TPSA) is 26.3 Å². The molecular formula is C12H16O2. The third-order valence-corrected chi connectivity index (χ3v) is 4.27. The molecule has 2 bridgehead atoms. The van der Waals surface area contributed by atoms with Crippen molar-refractivity contribution in [2.45, 2.75) is 32.3 Å². The molecule has 3 aliphatic carbocycles. The summed E-state index contributed by atoms with van der Waals surface area (Å²) in [7, 11) is 0. The fraction of sp³-hybridized carbons (Fsp3) is 0.750. The Hall–Kier alpha value is -0.790. The molecule has 2 fully saturated rings. The lowest BCUT2D eigenvalue weighted by molar-refractivity contribution is -0.149. The van der Waals surface area contributed by atoms with Crippen molar-refractivity contribution in [2.24, 2.45) is 23.7 Å². The molecule has 2 saturated carbocycles. The molecule has 5 atom stereocenters. The Kier molecular flexibility index (Phi) is 1.73. The first kappa shape index (κ1) is 8.51. The SMILES string of the molecule is CC(=O)O[C@@H]1C[C@@H]2C[C@H]1[C@H]1C=CC[C@@H]21. The van der Waals surface area contributed by atoms with Crippen LogP contribution < -0.4 is 0 Å². The molecule has 0 aromatic heterocycles. The van der Waals surface area contributed by atoms with E-state index in [9.17, 15) is 4.79 Å². The molecule has 3 aliphatic rings. The Morgan fingerprint density at radius 3 is 3.00 bits per heavy atom. The summed E-state index contributed by atoms with van der Waals surface area (Å²) in [5.41, 5.74) is 0. The van der Waals surface area contributed by atoms with E-state index < -0.39 is 0 Å². The van der Waals surface area contributed by atoms with Gasteiger partial charge in [0, 0.05) is 12.8 Å². The predicted octanol–water partition coefficient (Wildman–Crippen LogP) is 2.15. The number of hydrogen-bond acceptors (Lipinski definition) is 2. The second-order valence-electron chi connectivity index (χ2n) is 4.95. The Bertz CT molecular complexity index is 295. The van der Waals surface area contributed by atoms with Gasteiger partial charge in [0.25, 0.3) is 0 Å². The highest BCUT2D eigenvalue weighted by Crippen LogP contribution is 2.57. The van der Waals surface area contributed by atoms with Crippen molar-refractivity contribution < 1.29 is 9.53 Å². The number of ether oxygens (including phenoxy) is 1. The molecule has 0 aromatic rings. The Labute approximate surface area is 84.3 Å². The standard InChI is InChI=1S/C12H16O2/c1-7(13)14-12-6-8-5-11(12)10-4-2-3-9(8)10/h2,4,8-12H,3,5-6H2,1H3/t8-,9-,10-,11-,12+/m0/s1. The molecule has 2 nitrogen and oxygen atoms in total. The molecule has 14 heavy (non-hydrogen) atoms. The third-order valence-electron chi connectivity index (χ3n) is 4.27. The Balaban J connectivity index is 1.76. The van der Waals surface area contributed by atoms with Crippen LogP contribution in [-0.2, 0) is 9.53 Å². The normalized spacial score (nSPS) is 48.2. The molecule has 0 unspecified atom stereocenters. The number of carbonyl (C=O) groups is 1. The van der Waals surface area contributed by atoms with E-state index in [-0.39, 0.29) is 12.1 Å². The number of fused-ring (bicyclic) bond motifs is 5. The van der Waals surface area contributed by atoms with Gasteiger partial charge in [0.05, 0.1) is 0 Å². The van der Waals surface area contributed by atoms with Crippen LogP contribution in [0.1, 0.15) is 26.2 Å². The van der Waals surface area contributed by atoms with Crippen molar-refractivity contribution in [1.82, 2.24) is 0 Å². The Morgan fingerprint density at radius 1 is 1.36 bits per heavy atom. The second kappa shape index (κ2) is 2.85. The summed E-state index contributed by atoms with van der Waals surface area (Å²) in [4.78, 5) is 10.9. The van der Waals surface area contributed by atoms with Gasteiger partial charge in [-0.1, -0.05) is 12.2 Å². The van der Waals surface area contributed by atoms with E-state index in [2.05, 4.69) is 12.2 Å². The summed E-state index contributed by atoms with van der Waals surface area (Å²) >= 11 is 0. The number of rotatable bonds is 1. The van der Waals surface area contributed by atoms with Gasteiger partial charge in [-0.2, -0.15) is 0 Å². The molecule has 0 radical (unpaired) electrons. The highest BCUT2D eigenvalue weighted by atomic mass is 16.5. The van der Waals surface area contributed by atoms with Gasteiger partial charge in [0.2, 0.25) is 0 Å². The van der Waals surface area contributed by atoms with Crippen LogP contribution in [0.25, 0.3) is 0 Å². The summed E-state index contributed by atoms with van der Waals surface area (Å²) in [6.45, 7) is 1.52. The summed E-state index contributed by atoms with van der Waals surface area (Å²) in [5, 5.41) is 0. The highest BCUT2D eigenvalue weighted by Gasteiger charge is 2.53. The molecule has 0 saturated heterocycles. The zero-order chi connectivity index (χ0) is 9.71. The summed E-state index contributed by atoms with van der Waals surface area (Å²) < 4.78 is 5.38. The largest absolute Gasteiger partial charge is 0.462 e. The Morgan fingerprint density at radius 2 is 2.21 bits per heavy atom.